The van der Waals surface area contributed by atoms with Crippen molar-refractivity contribution in [3.63, 3.8) is 0 Å². The quantitative estimate of drug-likeness (QED) is 0.687. The van der Waals surface area contributed by atoms with Crippen LogP contribution >= 0.6 is 0 Å². The molecule has 0 fully saturated rings. The van der Waals surface area contributed by atoms with E-state index < -0.39 is 0 Å². The van der Waals surface area contributed by atoms with Crippen molar-refractivity contribution in [1.29, 1.82) is 0 Å². The Bertz CT molecular complexity index is 1070. The van der Waals surface area contributed by atoms with Crippen molar-refractivity contribution in [2.24, 2.45) is 5.92 Å². The van der Waals surface area contributed by atoms with Crippen molar-refractivity contribution < 1.29 is 9.59 Å². The number of carbonyl (C=O) groups excluding carboxylic acids is 2. The van der Waals surface area contributed by atoms with Crippen LogP contribution in [-0.2, 0) is 4.79 Å². The number of anilines is 2. The van der Waals surface area contributed by atoms with Crippen LogP contribution < -0.4 is 10.6 Å². The number of hydrogen-bond acceptors (Lipinski definition) is 4. The van der Waals surface area contributed by atoms with E-state index in [4.69, 9.17) is 0 Å². The molecule has 1 aromatic heterocycles. The van der Waals surface area contributed by atoms with E-state index in [9.17, 15) is 9.59 Å². The molecule has 1 heterocycles. The highest BCUT2D eigenvalue weighted by molar-refractivity contribution is 6.04. The highest BCUT2D eigenvalue weighted by Crippen LogP contribution is 2.18. The lowest BCUT2D eigenvalue weighted by Gasteiger charge is -2.10. The summed E-state index contributed by atoms with van der Waals surface area (Å²) in [5.41, 5.74) is 4.98. The van der Waals surface area contributed by atoms with Gasteiger partial charge in [0.1, 0.15) is 0 Å². The number of benzene rings is 2. The average molecular weight is 391 g/mol. The molecule has 3 rings (SSSR count). The Morgan fingerprint density at radius 3 is 2.28 bits per heavy atom. The summed E-state index contributed by atoms with van der Waals surface area (Å²) in [6, 6.07) is 13.0. The number of nitrogens with one attached hydrogen (secondary N) is 2. The Labute approximate surface area is 170 Å². The summed E-state index contributed by atoms with van der Waals surface area (Å²) in [6.45, 7) is 9.40. The van der Waals surface area contributed by atoms with Crippen LogP contribution in [-0.4, -0.2) is 26.8 Å². The lowest BCUT2D eigenvalue weighted by atomic mass is 10.1. The predicted octanol–water partition coefficient (Wildman–Crippen LogP) is 4.04. The van der Waals surface area contributed by atoms with Gasteiger partial charge in [-0.1, -0.05) is 37.6 Å². The van der Waals surface area contributed by atoms with Gasteiger partial charge < -0.3 is 10.6 Å². The normalized spacial score (nSPS) is 10.8. The maximum Gasteiger partial charge on any atom is 0.278 e. The predicted molar refractivity (Wildman–Crippen MR) is 113 cm³/mol. The van der Waals surface area contributed by atoms with E-state index in [1.807, 2.05) is 45.9 Å². The molecule has 0 aliphatic carbocycles. The molecule has 0 unspecified atom stereocenters. The molecule has 0 spiro atoms. The highest BCUT2D eigenvalue weighted by atomic mass is 16.2. The third-order valence-corrected chi connectivity index (χ3v) is 4.48. The van der Waals surface area contributed by atoms with Crippen molar-refractivity contribution in [2.45, 2.75) is 34.6 Å². The Hall–Kier alpha value is -3.48. The fraction of sp³-hybridized carbons (Fsp3) is 0.273. The second-order valence-corrected chi connectivity index (χ2v) is 7.39. The smallest absolute Gasteiger partial charge is 0.278 e. The van der Waals surface area contributed by atoms with Crippen LogP contribution in [0.25, 0.3) is 5.69 Å². The van der Waals surface area contributed by atoms with Gasteiger partial charge in [0, 0.05) is 17.3 Å². The second-order valence-electron chi connectivity index (χ2n) is 7.39. The zero-order chi connectivity index (χ0) is 21.1. The molecule has 29 heavy (non-hydrogen) atoms. The molecule has 2 amide bonds. The van der Waals surface area contributed by atoms with Gasteiger partial charge in [-0.25, -0.2) is 0 Å². The van der Waals surface area contributed by atoms with Crippen LogP contribution in [0, 0.1) is 26.7 Å². The van der Waals surface area contributed by atoms with E-state index >= 15 is 0 Å². The summed E-state index contributed by atoms with van der Waals surface area (Å²) in [4.78, 5) is 26.1. The Morgan fingerprint density at radius 2 is 1.62 bits per heavy atom. The first kappa shape index (κ1) is 20.3. The first-order chi connectivity index (χ1) is 13.7. The lowest BCUT2D eigenvalue weighted by Crippen LogP contribution is -2.18. The molecular formula is C22H25N5O2. The molecule has 0 saturated heterocycles. The molecule has 7 nitrogen and oxygen atoms in total. The van der Waals surface area contributed by atoms with Crippen molar-refractivity contribution >= 4 is 23.2 Å². The van der Waals surface area contributed by atoms with Crippen molar-refractivity contribution in [2.75, 3.05) is 10.6 Å². The van der Waals surface area contributed by atoms with Gasteiger partial charge >= 0.3 is 0 Å². The van der Waals surface area contributed by atoms with Gasteiger partial charge in [0.05, 0.1) is 11.4 Å². The van der Waals surface area contributed by atoms with Crippen LogP contribution in [0.5, 0.6) is 0 Å². The molecule has 3 aromatic rings. The van der Waals surface area contributed by atoms with Crippen LogP contribution in [0.1, 0.15) is 41.2 Å². The summed E-state index contributed by atoms with van der Waals surface area (Å²) in [6.07, 6.45) is 0. The number of aromatic nitrogens is 3. The minimum absolute atomic E-state index is 0.0827. The SMILES string of the molecule is Cc1ccc(-n2nc(C)c(C(=O)Nc3cccc(NC(=O)C(C)C)c3)n2)c(C)c1. The number of amides is 2. The van der Waals surface area contributed by atoms with Crippen LogP contribution in [0.3, 0.4) is 0 Å². The number of rotatable bonds is 5. The monoisotopic (exact) mass is 391 g/mol. The average Bonchev–Trinajstić information content (AvgIpc) is 3.03. The highest BCUT2D eigenvalue weighted by Gasteiger charge is 2.18. The fourth-order valence-corrected chi connectivity index (χ4v) is 2.88. The molecule has 7 heteroatoms. The van der Waals surface area contributed by atoms with Crippen molar-refractivity contribution in [3.8, 4) is 5.69 Å². The van der Waals surface area contributed by atoms with E-state index in [1.54, 1.807) is 31.2 Å². The number of aryl methyl sites for hydroxylation is 3. The number of nitrogens with zero attached hydrogens (tertiary/aromatic N) is 3. The van der Waals surface area contributed by atoms with Gasteiger partial charge in [0.15, 0.2) is 5.69 Å². The van der Waals surface area contributed by atoms with Gasteiger partial charge in [-0.3, -0.25) is 9.59 Å². The Balaban J connectivity index is 1.80. The maximum atomic E-state index is 12.7. The summed E-state index contributed by atoms with van der Waals surface area (Å²) in [5, 5.41) is 14.4. The van der Waals surface area contributed by atoms with Crippen molar-refractivity contribution in [3.05, 3.63) is 65.0 Å². The van der Waals surface area contributed by atoms with E-state index in [2.05, 4.69) is 20.8 Å². The summed E-state index contributed by atoms with van der Waals surface area (Å²) >= 11 is 0. The van der Waals surface area contributed by atoms with Crippen LogP contribution in [0.15, 0.2) is 42.5 Å². The van der Waals surface area contributed by atoms with Gasteiger partial charge in [-0.15, -0.1) is 5.10 Å². The summed E-state index contributed by atoms with van der Waals surface area (Å²) in [7, 11) is 0. The minimum Gasteiger partial charge on any atom is -0.326 e. The minimum atomic E-state index is -0.356. The summed E-state index contributed by atoms with van der Waals surface area (Å²) in [5.74, 6) is -0.567. The second kappa shape index (κ2) is 8.26. The largest absolute Gasteiger partial charge is 0.326 e. The molecule has 0 saturated carbocycles. The number of hydrogen-bond donors (Lipinski definition) is 2. The standard InChI is InChI=1S/C22H25N5O2/c1-13(2)21(28)23-17-7-6-8-18(12-17)24-22(29)20-16(5)25-27(26-20)19-10-9-14(3)11-15(19)4/h6-13H,1-5H3,(H,23,28)(H,24,29). The third kappa shape index (κ3) is 4.68. The van der Waals surface area contributed by atoms with Crippen molar-refractivity contribution in [1.82, 2.24) is 15.0 Å². The molecule has 0 bridgehead atoms. The zero-order valence-electron chi connectivity index (χ0n) is 17.3. The van der Waals surface area contributed by atoms with Gasteiger partial charge in [0.25, 0.3) is 5.91 Å². The molecule has 2 aromatic carbocycles. The Morgan fingerprint density at radius 1 is 0.931 bits per heavy atom. The fourth-order valence-electron chi connectivity index (χ4n) is 2.88. The van der Waals surface area contributed by atoms with Gasteiger partial charge in [0.2, 0.25) is 5.91 Å². The molecule has 0 aliphatic rings. The third-order valence-electron chi connectivity index (χ3n) is 4.48. The molecule has 150 valence electrons. The van der Waals surface area contributed by atoms with E-state index in [0.29, 0.717) is 17.1 Å². The first-order valence-electron chi connectivity index (χ1n) is 9.48. The van der Waals surface area contributed by atoms with Crippen LogP contribution in [0.2, 0.25) is 0 Å². The molecule has 2 N–H and O–H groups in total. The molecule has 0 radical (unpaired) electrons. The maximum absolute atomic E-state index is 12.7. The first-order valence-corrected chi connectivity index (χ1v) is 9.48. The van der Waals surface area contributed by atoms with E-state index in [-0.39, 0.29) is 23.4 Å². The summed E-state index contributed by atoms with van der Waals surface area (Å²) < 4.78 is 0. The lowest BCUT2D eigenvalue weighted by molar-refractivity contribution is -0.118. The van der Waals surface area contributed by atoms with E-state index in [0.717, 1.165) is 16.8 Å². The topological polar surface area (TPSA) is 88.9 Å². The van der Waals surface area contributed by atoms with Gasteiger partial charge in [-0.05, 0) is 50.6 Å². The van der Waals surface area contributed by atoms with Crippen LogP contribution in [0.4, 0.5) is 11.4 Å². The molecule has 0 aliphatic heterocycles. The molecular weight excluding hydrogens is 366 g/mol. The Kier molecular flexibility index (Phi) is 5.77. The zero-order valence-corrected chi connectivity index (χ0v) is 17.3. The molecule has 0 atom stereocenters. The van der Waals surface area contributed by atoms with E-state index in [1.165, 1.54) is 4.80 Å². The van der Waals surface area contributed by atoms with Gasteiger partial charge in [-0.2, -0.15) is 9.90 Å². The number of carbonyl (C=O) groups is 2.